The molecule has 33 heavy (non-hydrogen) atoms. The number of hydrogen-bond donors (Lipinski definition) is 0. The summed E-state index contributed by atoms with van der Waals surface area (Å²) in [6.07, 6.45) is 12.8. The van der Waals surface area contributed by atoms with Gasteiger partial charge in [-0.05, 0) is 55.0 Å². The lowest BCUT2D eigenvalue weighted by Crippen LogP contribution is -2.03. The molecule has 1 aliphatic rings. The first-order chi connectivity index (χ1) is 15.8. The topological polar surface area (TPSA) is 28.0 Å². The van der Waals surface area contributed by atoms with Crippen LogP contribution in [0.4, 0.5) is 0 Å². The predicted molar refractivity (Wildman–Crippen MR) is 152 cm³/mol. The van der Waals surface area contributed by atoms with Crippen LogP contribution in [-0.2, 0) is 0 Å². The van der Waals surface area contributed by atoms with Crippen LogP contribution in [0.15, 0.2) is 83.0 Å². The molecule has 1 aliphatic carbocycles. The summed E-state index contributed by atoms with van der Waals surface area (Å²) in [4.78, 5) is 10.9. The average molecular weight is 448 g/mol. The maximum absolute atomic E-state index is 4.75. The molecule has 2 rings (SSSR count). The van der Waals surface area contributed by atoms with Gasteiger partial charge in [-0.3, -0.25) is 9.98 Å². The van der Waals surface area contributed by atoms with Crippen LogP contribution < -0.4 is 0 Å². The van der Waals surface area contributed by atoms with E-state index in [2.05, 4.69) is 43.3 Å². The maximum Gasteiger partial charge on any atom is 0.0633 e. The van der Waals surface area contributed by atoms with Crippen molar-refractivity contribution >= 4 is 23.2 Å². The fourth-order valence-electron chi connectivity index (χ4n) is 2.92. The quantitative estimate of drug-likeness (QED) is 0.291. The molecule has 0 aliphatic heterocycles. The predicted octanol–water partition coefficient (Wildman–Crippen LogP) is 8.24. The van der Waals surface area contributed by atoms with Crippen molar-refractivity contribution in [2.75, 3.05) is 21.1 Å². The highest BCUT2D eigenvalue weighted by Gasteiger charge is 2.12. The third-order valence-corrected chi connectivity index (χ3v) is 4.88. The van der Waals surface area contributed by atoms with E-state index in [4.69, 9.17) is 4.99 Å². The Morgan fingerprint density at radius 3 is 2.09 bits per heavy atom. The van der Waals surface area contributed by atoms with E-state index in [1.54, 1.807) is 7.05 Å². The van der Waals surface area contributed by atoms with Gasteiger partial charge in [0.05, 0.1) is 5.70 Å². The van der Waals surface area contributed by atoms with E-state index in [-0.39, 0.29) is 0 Å². The molecule has 0 radical (unpaired) electrons. The zero-order chi connectivity index (χ0) is 25.4. The molecule has 0 aromatic heterocycles. The van der Waals surface area contributed by atoms with Crippen LogP contribution >= 0.6 is 0 Å². The SMILES string of the molecule is C=C/C(=C\N(C)C)c1cccc(C(=C)N=C(C)C(=C\C)/C(C=NC)=C/C)c1.CC.CC1CC1. The van der Waals surface area contributed by atoms with Gasteiger partial charge in [-0.15, -0.1) is 0 Å². The van der Waals surface area contributed by atoms with E-state index in [1.165, 1.54) is 12.8 Å². The zero-order valence-corrected chi connectivity index (χ0v) is 22.4. The summed E-state index contributed by atoms with van der Waals surface area (Å²) in [6.45, 7) is 20.4. The van der Waals surface area contributed by atoms with Crippen LogP contribution in [0.25, 0.3) is 11.3 Å². The van der Waals surface area contributed by atoms with E-state index < -0.39 is 0 Å². The number of rotatable bonds is 8. The molecule has 0 unspecified atom stereocenters. The summed E-state index contributed by atoms with van der Waals surface area (Å²) in [7, 11) is 5.76. The summed E-state index contributed by atoms with van der Waals surface area (Å²) in [5, 5.41) is 0. The first-order valence-corrected chi connectivity index (χ1v) is 11.9. The highest BCUT2D eigenvalue weighted by molar-refractivity contribution is 6.10. The van der Waals surface area contributed by atoms with Gasteiger partial charge in [0.15, 0.2) is 0 Å². The van der Waals surface area contributed by atoms with Gasteiger partial charge < -0.3 is 4.90 Å². The number of nitrogens with zero attached hydrogens (tertiary/aromatic N) is 3. The van der Waals surface area contributed by atoms with E-state index in [1.807, 2.05) is 90.3 Å². The molecular weight excluding hydrogens is 402 g/mol. The molecule has 0 amide bonds. The minimum Gasteiger partial charge on any atom is -0.383 e. The molecule has 0 heterocycles. The molecule has 1 aromatic rings. The van der Waals surface area contributed by atoms with Gasteiger partial charge in [0, 0.05) is 44.8 Å². The largest absolute Gasteiger partial charge is 0.383 e. The Morgan fingerprint density at radius 2 is 1.67 bits per heavy atom. The summed E-state index contributed by atoms with van der Waals surface area (Å²) in [6, 6.07) is 8.21. The fraction of sp³-hybridized carbons (Fsp3) is 0.400. The monoisotopic (exact) mass is 447 g/mol. The summed E-state index contributed by atoms with van der Waals surface area (Å²) < 4.78 is 0. The van der Waals surface area contributed by atoms with Crippen molar-refractivity contribution in [1.82, 2.24) is 4.90 Å². The van der Waals surface area contributed by atoms with Crippen LogP contribution in [0.5, 0.6) is 0 Å². The fourth-order valence-corrected chi connectivity index (χ4v) is 2.92. The average Bonchev–Trinajstić information content (AvgIpc) is 3.60. The van der Waals surface area contributed by atoms with Crippen molar-refractivity contribution in [2.45, 2.75) is 54.4 Å². The standard InChI is InChI=1S/C24H31N3.C4H8.C2H6/c1-9-20(16-25-6)24(11-3)19(5)26-18(4)22-13-12-14-23(15-22)21(10-2)17-27(7)8;1-4-2-3-4;1-2/h9-17H,2,4H2,1,3,5-8H3;4H,2-3H2,1H3;1-2H3/b20-9+,21-17+,24-11+,25-16?,26-19?;;. The summed E-state index contributed by atoms with van der Waals surface area (Å²) in [5.41, 5.74) is 6.87. The molecule has 1 aromatic carbocycles. The normalized spacial score (nSPS) is 14.7. The lowest BCUT2D eigenvalue weighted by Gasteiger charge is -2.12. The van der Waals surface area contributed by atoms with Crippen molar-refractivity contribution in [3.8, 4) is 0 Å². The van der Waals surface area contributed by atoms with Gasteiger partial charge >= 0.3 is 0 Å². The first-order valence-electron chi connectivity index (χ1n) is 11.9. The molecule has 3 nitrogen and oxygen atoms in total. The third kappa shape index (κ3) is 11.5. The van der Waals surface area contributed by atoms with Crippen LogP contribution in [0, 0.1) is 5.92 Å². The first kappa shape index (κ1) is 30.1. The van der Waals surface area contributed by atoms with Gasteiger partial charge in [0.25, 0.3) is 0 Å². The Bertz CT molecular complexity index is 904. The van der Waals surface area contributed by atoms with Gasteiger partial charge in [-0.2, -0.15) is 0 Å². The Morgan fingerprint density at radius 1 is 1.09 bits per heavy atom. The van der Waals surface area contributed by atoms with Crippen molar-refractivity contribution in [3.05, 3.63) is 84.1 Å². The smallest absolute Gasteiger partial charge is 0.0633 e. The van der Waals surface area contributed by atoms with E-state index in [0.717, 1.165) is 45.2 Å². The van der Waals surface area contributed by atoms with Gasteiger partial charge in [0.1, 0.15) is 0 Å². The molecule has 180 valence electrons. The molecule has 0 N–H and O–H groups in total. The van der Waals surface area contributed by atoms with Gasteiger partial charge in [-0.25, -0.2) is 0 Å². The number of aliphatic imine (C=N–C) groups is 2. The van der Waals surface area contributed by atoms with Crippen LogP contribution in [0.1, 0.15) is 65.5 Å². The third-order valence-electron chi connectivity index (χ3n) is 4.88. The Kier molecular flexibility index (Phi) is 15.2. The maximum atomic E-state index is 4.75. The Balaban J connectivity index is 0.00000149. The second-order valence-electron chi connectivity index (χ2n) is 7.99. The molecule has 0 spiro atoms. The van der Waals surface area contributed by atoms with Gasteiger partial charge in [0.2, 0.25) is 0 Å². The van der Waals surface area contributed by atoms with E-state index in [0.29, 0.717) is 0 Å². The van der Waals surface area contributed by atoms with Crippen LogP contribution in [0.2, 0.25) is 0 Å². The highest BCUT2D eigenvalue weighted by atomic mass is 15.0. The Hall–Kier alpha value is -2.94. The van der Waals surface area contributed by atoms with Crippen molar-refractivity contribution in [3.63, 3.8) is 0 Å². The number of hydrogen-bond acceptors (Lipinski definition) is 3. The number of benzene rings is 1. The molecule has 1 fully saturated rings. The van der Waals surface area contributed by atoms with Crippen molar-refractivity contribution in [1.29, 1.82) is 0 Å². The summed E-state index contributed by atoms with van der Waals surface area (Å²) in [5.74, 6) is 1.08. The molecular formula is C30H45N3. The highest BCUT2D eigenvalue weighted by Crippen LogP contribution is 2.26. The van der Waals surface area contributed by atoms with Crippen LogP contribution in [0.3, 0.4) is 0 Å². The molecule has 1 saturated carbocycles. The second kappa shape index (κ2) is 16.7. The lowest BCUT2D eigenvalue weighted by molar-refractivity contribution is 0.566. The minimum absolute atomic E-state index is 0.728. The number of allylic oxidation sites excluding steroid dienone is 6. The molecule has 0 bridgehead atoms. The van der Waals surface area contributed by atoms with Crippen LogP contribution in [-0.4, -0.2) is 38.0 Å². The van der Waals surface area contributed by atoms with Crippen molar-refractivity contribution < 1.29 is 0 Å². The Labute approximate surface area is 203 Å². The van der Waals surface area contributed by atoms with E-state index >= 15 is 0 Å². The van der Waals surface area contributed by atoms with E-state index in [9.17, 15) is 0 Å². The second-order valence-corrected chi connectivity index (χ2v) is 7.99. The van der Waals surface area contributed by atoms with Gasteiger partial charge in [-0.1, -0.05) is 83.2 Å². The summed E-state index contributed by atoms with van der Waals surface area (Å²) >= 11 is 0. The van der Waals surface area contributed by atoms with Crippen molar-refractivity contribution in [2.24, 2.45) is 15.9 Å². The zero-order valence-electron chi connectivity index (χ0n) is 22.4. The lowest BCUT2D eigenvalue weighted by atomic mass is 10.0. The molecule has 0 saturated heterocycles. The minimum atomic E-state index is 0.728. The molecule has 3 heteroatoms. The molecule has 0 atom stereocenters.